The van der Waals surface area contributed by atoms with Crippen molar-refractivity contribution in [3.8, 4) is 5.75 Å². The van der Waals surface area contributed by atoms with E-state index in [0.29, 0.717) is 18.0 Å². The van der Waals surface area contributed by atoms with Crippen molar-refractivity contribution >= 4 is 49.4 Å². The molecule has 0 fully saturated rings. The standard InChI is InChI=1S/C16H21Br2N3O3/c1-4-5-19-15(22)7-11(3)20-21-16(23)9-24-14-6-10(2)12(17)8-13(14)18/h6,8H,4-5,7,9H2,1-3H3,(H,19,22)(H,21,23). The number of amides is 2. The third kappa shape index (κ3) is 7.44. The molecule has 132 valence electrons. The van der Waals surface area contributed by atoms with Crippen molar-refractivity contribution in [1.29, 1.82) is 0 Å². The lowest BCUT2D eigenvalue weighted by Gasteiger charge is -2.09. The molecule has 0 spiro atoms. The van der Waals surface area contributed by atoms with Crippen LogP contribution in [0.15, 0.2) is 26.2 Å². The topological polar surface area (TPSA) is 79.8 Å². The van der Waals surface area contributed by atoms with Gasteiger partial charge in [0.25, 0.3) is 5.91 Å². The molecular formula is C16H21Br2N3O3. The highest BCUT2D eigenvalue weighted by Crippen LogP contribution is 2.31. The average molecular weight is 463 g/mol. The Morgan fingerprint density at radius 1 is 1.21 bits per heavy atom. The van der Waals surface area contributed by atoms with Crippen LogP contribution in [0.2, 0.25) is 0 Å². The fourth-order valence-electron chi connectivity index (χ4n) is 1.67. The van der Waals surface area contributed by atoms with Gasteiger partial charge in [0.2, 0.25) is 5.91 Å². The first kappa shape index (κ1) is 20.6. The van der Waals surface area contributed by atoms with Crippen molar-refractivity contribution in [3.05, 3.63) is 26.6 Å². The lowest BCUT2D eigenvalue weighted by Crippen LogP contribution is -2.28. The third-order valence-electron chi connectivity index (χ3n) is 2.93. The summed E-state index contributed by atoms with van der Waals surface area (Å²) in [5, 5.41) is 6.64. The quantitative estimate of drug-likeness (QED) is 0.459. The SMILES string of the molecule is CCCNC(=O)CC(C)=NNC(=O)COc1cc(C)c(Br)cc1Br. The van der Waals surface area contributed by atoms with Crippen LogP contribution in [0.1, 0.15) is 32.3 Å². The first-order chi connectivity index (χ1) is 11.3. The van der Waals surface area contributed by atoms with Gasteiger partial charge in [0, 0.05) is 16.7 Å². The molecule has 2 N–H and O–H groups in total. The number of carbonyl (C=O) groups is 2. The minimum atomic E-state index is -0.393. The summed E-state index contributed by atoms with van der Waals surface area (Å²) in [5.41, 5.74) is 3.91. The van der Waals surface area contributed by atoms with Gasteiger partial charge in [-0.3, -0.25) is 9.59 Å². The zero-order valence-electron chi connectivity index (χ0n) is 13.9. The maximum absolute atomic E-state index is 11.8. The summed E-state index contributed by atoms with van der Waals surface area (Å²) >= 11 is 6.80. The molecule has 0 heterocycles. The number of ether oxygens (including phenoxy) is 1. The molecule has 6 nitrogen and oxygen atoms in total. The highest BCUT2D eigenvalue weighted by molar-refractivity contribution is 9.11. The zero-order chi connectivity index (χ0) is 18.1. The van der Waals surface area contributed by atoms with Crippen LogP contribution in [0.5, 0.6) is 5.75 Å². The van der Waals surface area contributed by atoms with E-state index in [1.54, 1.807) is 6.92 Å². The predicted molar refractivity (Wildman–Crippen MR) is 101 cm³/mol. The number of halogens is 2. The molecule has 0 unspecified atom stereocenters. The normalized spacial score (nSPS) is 11.1. The molecule has 0 atom stereocenters. The lowest BCUT2D eigenvalue weighted by atomic mass is 10.2. The molecule has 0 aliphatic carbocycles. The zero-order valence-corrected chi connectivity index (χ0v) is 17.1. The van der Waals surface area contributed by atoms with Crippen molar-refractivity contribution in [1.82, 2.24) is 10.7 Å². The number of nitrogens with one attached hydrogen (secondary N) is 2. The van der Waals surface area contributed by atoms with Crippen LogP contribution in [0.25, 0.3) is 0 Å². The van der Waals surface area contributed by atoms with Crippen molar-refractivity contribution in [2.75, 3.05) is 13.2 Å². The minimum absolute atomic E-state index is 0.113. The average Bonchev–Trinajstić information content (AvgIpc) is 2.53. The maximum atomic E-state index is 11.8. The van der Waals surface area contributed by atoms with E-state index in [2.05, 4.69) is 47.7 Å². The summed E-state index contributed by atoms with van der Waals surface area (Å²) in [6.45, 7) is 6.06. The van der Waals surface area contributed by atoms with Gasteiger partial charge < -0.3 is 10.1 Å². The van der Waals surface area contributed by atoms with E-state index in [0.717, 1.165) is 20.9 Å². The number of nitrogens with zero attached hydrogens (tertiary/aromatic N) is 1. The summed E-state index contributed by atoms with van der Waals surface area (Å²) in [6.07, 6.45) is 1.03. The fraction of sp³-hybridized carbons (Fsp3) is 0.438. The molecule has 0 aromatic heterocycles. The summed E-state index contributed by atoms with van der Waals surface area (Å²) in [7, 11) is 0. The Balaban J connectivity index is 2.45. The van der Waals surface area contributed by atoms with Gasteiger partial charge in [0.15, 0.2) is 6.61 Å². The number of benzene rings is 1. The van der Waals surface area contributed by atoms with E-state index in [9.17, 15) is 9.59 Å². The van der Waals surface area contributed by atoms with Gasteiger partial charge in [-0.2, -0.15) is 5.10 Å². The Morgan fingerprint density at radius 2 is 1.92 bits per heavy atom. The summed E-state index contributed by atoms with van der Waals surface area (Å²) < 4.78 is 7.17. The molecule has 1 aromatic carbocycles. The molecule has 8 heteroatoms. The molecule has 1 aromatic rings. The molecule has 0 radical (unpaired) electrons. The van der Waals surface area contributed by atoms with E-state index in [1.807, 2.05) is 26.0 Å². The van der Waals surface area contributed by atoms with Gasteiger partial charge in [0.1, 0.15) is 5.75 Å². The van der Waals surface area contributed by atoms with Gasteiger partial charge in [-0.1, -0.05) is 22.9 Å². The van der Waals surface area contributed by atoms with E-state index >= 15 is 0 Å². The monoisotopic (exact) mass is 461 g/mol. The second-order valence-electron chi connectivity index (χ2n) is 5.23. The molecule has 1 rings (SSSR count). The van der Waals surface area contributed by atoms with Crippen LogP contribution >= 0.6 is 31.9 Å². The van der Waals surface area contributed by atoms with Crippen molar-refractivity contribution < 1.29 is 14.3 Å². The van der Waals surface area contributed by atoms with Crippen LogP contribution in [-0.2, 0) is 9.59 Å². The first-order valence-electron chi connectivity index (χ1n) is 7.50. The maximum Gasteiger partial charge on any atom is 0.277 e. The highest BCUT2D eigenvalue weighted by atomic mass is 79.9. The fourth-order valence-corrected chi connectivity index (χ4v) is 2.78. The van der Waals surface area contributed by atoms with Gasteiger partial charge >= 0.3 is 0 Å². The van der Waals surface area contributed by atoms with Crippen molar-refractivity contribution in [2.24, 2.45) is 5.10 Å². The number of hydrazone groups is 1. The Hall–Kier alpha value is -1.41. The van der Waals surface area contributed by atoms with Gasteiger partial charge in [-0.25, -0.2) is 5.43 Å². The molecule has 0 bridgehead atoms. The second-order valence-corrected chi connectivity index (χ2v) is 6.94. The van der Waals surface area contributed by atoms with Gasteiger partial charge in [0.05, 0.1) is 10.9 Å². The molecule has 0 aliphatic rings. The van der Waals surface area contributed by atoms with Crippen molar-refractivity contribution in [2.45, 2.75) is 33.6 Å². The van der Waals surface area contributed by atoms with Crippen LogP contribution in [0, 0.1) is 6.92 Å². The smallest absolute Gasteiger partial charge is 0.277 e. The molecule has 0 aliphatic heterocycles. The first-order valence-corrected chi connectivity index (χ1v) is 9.09. The minimum Gasteiger partial charge on any atom is -0.483 e. The lowest BCUT2D eigenvalue weighted by molar-refractivity contribution is -0.123. The number of hydrogen-bond acceptors (Lipinski definition) is 4. The number of carbonyl (C=O) groups excluding carboxylic acids is 2. The van der Waals surface area contributed by atoms with Crippen molar-refractivity contribution in [3.63, 3.8) is 0 Å². The van der Waals surface area contributed by atoms with Gasteiger partial charge in [-0.05, 0) is 53.9 Å². The van der Waals surface area contributed by atoms with Crippen LogP contribution in [0.3, 0.4) is 0 Å². The Morgan fingerprint density at radius 3 is 2.58 bits per heavy atom. The predicted octanol–water partition coefficient (Wildman–Crippen LogP) is 3.31. The summed E-state index contributed by atoms with van der Waals surface area (Å²) in [6, 6.07) is 3.69. The Bertz CT molecular complexity index is 633. The number of rotatable bonds is 8. The van der Waals surface area contributed by atoms with E-state index in [4.69, 9.17) is 4.74 Å². The number of aryl methyl sites for hydroxylation is 1. The highest BCUT2D eigenvalue weighted by Gasteiger charge is 2.08. The molecule has 0 saturated heterocycles. The van der Waals surface area contributed by atoms with Crippen LogP contribution in [0.4, 0.5) is 0 Å². The van der Waals surface area contributed by atoms with E-state index in [-0.39, 0.29) is 18.9 Å². The molecule has 24 heavy (non-hydrogen) atoms. The summed E-state index contributed by atoms with van der Waals surface area (Å²) in [4.78, 5) is 23.3. The molecule has 2 amide bonds. The van der Waals surface area contributed by atoms with Gasteiger partial charge in [-0.15, -0.1) is 0 Å². The molecule has 0 saturated carbocycles. The third-order valence-corrected chi connectivity index (χ3v) is 4.41. The Labute approximate surface area is 158 Å². The van der Waals surface area contributed by atoms with Crippen LogP contribution < -0.4 is 15.5 Å². The van der Waals surface area contributed by atoms with E-state index < -0.39 is 5.91 Å². The Kier molecular flexibility index (Phi) is 8.99. The second kappa shape index (κ2) is 10.5. The molecular weight excluding hydrogens is 442 g/mol. The summed E-state index contributed by atoms with van der Waals surface area (Å²) in [5.74, 6) is 0.0687. The largest absolute Gasteiger partial charge is 0.483 e. The van der Waals surface area contributed by atoms with Crippen LogP contribution in [-0.4, -0.2) is 30.7 Å². The van der Waals surface area contributed by atoms with E-state index in [1.165, 1.54) is 0 Å². The number of hydrogen-bond donors (Lipinski definition) is 2.